The number of hydrogen-bond donors (Lipinski definition) is 1. The van der Waals surface area contributed by atoms with Gasteiger partial charge in [-0.3, -0.25) is 4.79 Å². The van der Waals surface area contributed by atoms with Gasteiger partial charge in [-0.1, -0.05) is 19.8 Å². The van der Waals surface area contributed by atoms with Crippen LogP contribution in [0.3, 0.4) is 0 Å². The van der Waals surface area contributed by atoms with Crippen LogP contribution in [0.2, 0.25) is 0 Å². The van der Waals surface area contributed by atoms with Gasteiger partial charge >= 0.3 is 0 Å². The number of rotatable bonds is 6. The average Bonchev–Trinajstić information content (AvgIpc) is 2.44. The molecule has 1 aromatic rings. The molecule has 1 unspecified atom stereocenters. The van der Waals surface area contributed by atoms with E-state index in [9.17, 15) is 4.79 Å². The van der Waals surface area contributed by atoms with Crippen LogP contribution in [0.25, 0.3) is 0 Å². The fourth-order valence-electron chi connectivity index (χ4n) is 1.50. The van der Waals surface area contributed by atoms with E-state index in [1.165, 1.54) is 7.11 Å². The number of hydrogen-bond acceptors (Lipinski definition) is 3. The van der Waals surface area contributed by atoms with Crippen LogP contribution >= 0.6 is 0 Å². The summed E-state index contributed by atoms with van der Waals surface area (Å²) >= 11 is 0. The van der Waals surface area contributed by atoms with Gasteiger partial charge in [0.15, 0.2) is 11.5 Å². The molecule has 0 radical (unpaired) electrons. The van der Waals surface area contributed by atoms with Crippen LogP contribution < -0.4 is 14.8 Å². The Morgan fingerprint density at radius 2 is 2.05 bits per heavy atom. The van der Waals surface area contributed by atoms with Gasteiger partial charge in [0, 0.05) is 11.6 Å². The third-order valence-corrected chi connectivity index (χ3v) is 3.10. The Balaban J connectivity index is 2.87. The molecule has 0 fully saturated rings. The zero-order valence-electron chi connectivity index (χ0n) is 12.4. The minimum absolute atomic E-state index is 0.103. The first kappa shape index (κ1) is 15.9. The molecule has 1 aromatic carbocycles. The fourth-order valence-corrected chi connectivity index (χ4v) is 1.50. The zero-order chi connectivity index (χ0) is 15.1. The molecule has 4 nitrogen and oxygen atoms in total. The summed E-state index contributed by atoms with van der Waals surface area (Å²) in [6.45, 7) is 6.25. The van der Waals surface area contributed by atoms with Crippen molar-refractivity contribution in [1.29, 1.82) is 0 Å². The average molecular weight is 275 g/mol. The van der Waals surface area contributed by atoms with Crippen molar-refractivity contribution in [2.75, 3.05) is 13.7 Å². The van der Waals surface area contributed by atoms with Gasteiger partial charge in [-0.15, -0.1) is 6.42 Å². The van der Waals surface area contributed by atoms with Gasteiger partial charge in [0.25, 0.3) is 5.91 Å². The van der Waals surface area contributed by atoms with Crippen molar-refractivity contribution in [2.24, 2.45) is 5.92 Å². The quantitative estimate of drug-likeness (QED) is 0.811. The third kappa shape index (κ3) is 4.20. The van der Waals surface area contributed by atoms with E-state index < -0.39 is 0 Å². The molecule has 1 amide bonds. The van der Waals surface area contributed by atoms with Gasteiger partial charge in [0.05, 0.1) is 7.11 Å². The number of carbonyl (C=O) groups excluding carboxylic acids is 1. The molecular weight excluding hydrogens is 254 g/mol. The zero-order valence-corrected chi connectivity index (χ0v) is 12.4. The maximum absolute atomic E-state index is 12.1. The van der Waals surface area contributed by atoms with E-state index in [4.69, 9.17) is 15.9 Å². The first-order chi connectivity index (χ1) is 9.49. The first-order valence-corrected chi connectivity index (χ1v) is 6.54. The van der Waals surface area contributed by atoms with Gasteiger partial charge < -0.3 is 14.8 Å². The molecule has 0 saturated carbocycles. The lowest BCUT2D eigenvalue weighted by Crippen LogP contribution is -2.36. The molecule has 0 bridgehead atoms. The molecule has 0 saturated heterocycles. The summed E-state index contributed by atoms with van der Waals surface area (Å²) in [5.74, 6) is 3.65. The van der Waals surface area contributed by atoms with Crippen molar-refractivity contribution in [3.8, 4) is 23.8 Å². The van der Waals surface area contributed by atoms with Crippen LogP contribution in [-0.2, 0) is 0 Å². The lowest BCUT2D eigenvalue weighted by molar-refractivity contribution is 0.0930. The molecule has 1 N–H and O–H groups in total. The summed E-state index contributed by atoms with van der Waals surface area (Å²) in [7, 11) is 1.52. The largest absolute Gasteiger partial charge is 0.493 e. The number of nitrogens with one attached hydrogen (secondary N) is 1. The van der Waals surface area contributed by atoms with E-state index in [1.54, 1.807) is 18.2 Å². The number of terminal acetylenes is 1. The molecular formula is C16H21NO3. The van der Waals surface area contributed by atoms with Crippen molar-refractivity contribution in [3.05, 3.63) is 23.8 Å². The van der Waals surface area contributed by atoms with E-state index in [1.807, 2.05) is 6.92 Å². The van der Waals surface area contributed by atoms with Crippen molar-refractivity contribution in [3.63, 3.8) is 0 Å². The number of ether oxygens (including phenoxy) is 2. The molecule has 0 aliphatic heterocycles. The topological polar surface area (TPSA) is 47.6 Å². The second-order valence-electron chi connectivity index (χ2n) is 4.86. The van der Waals surface area contributed by atoms with Gasteiger partial charge in [-0.25, -0.2) is 0 Å². The van der Waals surface area contributed by atoms with Crippen LogP contribution in [0.15, 0.2) is 18.2 Å². The standard InChI is InChI=1S/C16H21NO3/c1-6-9-20-14-8-7-13(10-15(14)19-5)16(18)17-12(4)11(2)3/h1,7-8,10-12H,9H2,2-5H3,(H,17,18). The van der Waals surface area contributed by atoms with Crippen LogP contribution in [0.5, 0.6) is 11.5 Å². The predicted molar refractivity (Wildman–Crippen MR) is 79.1 cm³/mol. The van der Waals surface area contributed by atoms with E-state index in [0.717, 1.165) is 0 Å². The van der Waals surface area contributed by atoms with E-state index in [2.05, 4.69) is 25.1 Å². The summed E-state index contributed by atoms with van der Waals surface area (Å²) in [5, 5.41) is 2.94. The Kier molecular flexibility index (Phi) is 5.92. The van der Waals surface area contributed by atoms with Crippen molar-refractivity contribution in [1.82, 2.24) is 5.32 Å². The van der Waals surface area contributed by atoms with Crippen LogP contribution in [0.1, 0.15) is 31.1 Å². The second-order valence-corrected chi connectivity index (χ2v) is 4.86. The molecule has 0 aliphatic carbocycles. The molecule has 1 rings (SSSR count). The number of methoxy groups -OCH3 is 1. The highest BCUT2D eigenvalue weighted by atomic mass is 16.5. The van der Waals surface area contributed by atoms with Crippen molar-refractivity contribution < 1.29 is 14.3 Å². The summed E-state index contributed by atoms with van der Waals surface area (Å²) in [4.78, 5) is 12.1. The summed E-state index contributed by atoms with van der Waals surface area (Å²) in [6, 6.07) is 5.13. The molecule has 0 aromatic heterocycles. The second kappa shape index (κ2) is 7.44. The van der Waals surface area contributed by atoms with Gasteiger partial charge in [0.2, 0.25) is 0 Å². The summed E-state index contributed by atoms with van der Waals surface area (Å²) < 4.78 is 10.6. The van der Waals surface area contributed by atoms with E-state index >= 15 is 0 Å². The molecule has 1 atom stereocenters. The molecule has 0 aliphatic rings. The molecule has 0 heterocycles. The van der Waals surface area contributed by atoms with Gasteiger partial charge in [0.1, 0.15) is 6.61 Å². The molecule has 108 valence electrons. The first-order valence-electron chi connectivity index (χ1n) is 6.54. The maximum Gasteiger partial charge on any atom is 0.251 e. The van der Waals surface area contributed by atoms with Gasteiger partial charge in [-0.05, 0) is 31.0 Å². The molecule has 4 heteroatoms. The highest BCUT2D eigenvalue weighted by Crippen LogP contribution is 2.28. The fraction of sp³-hybridized carbons (Fsp3) is 0.438. The van der Waals surface area contributed by atoms with Crippen LogP contribution in [-0.4, -0.2) is 25.7 Å². The van der Waals surface area contributed by atoms with E-state index in [0.29, 0.717) is 23.0 Å². The molecule has 0 spiro atoms. The highest BCUT2D eigenvalue weighted by molar-refractivity contribution is 5.95. The SMILES string of the molecule is C#CCOc1ccc(C(=O)NC(C)C(C)C)cc1OC. The smallest absolute Gasteiger partial charge is 0.251 e. The van der Waals surface area contributed by atoms with Crippen LogP contribution in [0, 0.1) is 18.3 Å². The Labute approximate surface area is 120 Å². The minimum Gasteiger partial charge on any atom is -0.493 e. The minimum atomic E-state index is -0.131. The monoisotopic (exact) mass is 275 g/mol. The Hall–Kier alpha value is -2.15. The number of amides is 1. The van der Waals surface area contributed by atoms with Gasteiger partial charge in [-0.2, -0.15) is 0 Å². The summed E-state index contributed by atoms with van der Waals surface area (Å²) in [6.07, 6.45) is 5.15. The van der Waals surface area contributed by atoms with Crippen LogP contribution in [0.4, 0.5) is 0 Å². The Bertz CT molecular complexity index is 503. The summed E-state index contributed by atoms with van der Waals surface area (Å²) in [5.41, 5.74) is 0.530. The number of benzene rings is 1. The van der Waals surface area contributed by atoms with E-state index in [-0.39, 0.29) is 18.6 Å². The highest BCUT2D eigenvalue weighted by Gasteiger charge is 2.14. The Morgan fingerprint density at radius 1 is 1.35 bits per heavy atom. The lowest BCUT2D eigenvalue weighted by Gasteiger charge is -2.18. The third-order valence-electron chi connectivity index (χ3n) is 3.10. The molecule has 20 heavy (non-hydrogen) atoms. The van der Waals surface area contributed by atoms with Crippen molar-refractivity contribution in [2.45, 2.75) is 26.8 Å². The maximum atomic E-state index is 12.1. The number of carbonyl (C=O) groups is 1. The van der Waals surface area contributed by atoms with Crippen molar-refractivity contribution >= 4 is 5.91 Å². The Morgan fingerprint density at radius 3 is 2.60 bits per heavy atom. The normalized spacial score (nSPS) is 11.6. The predicted octanol–water partition coefficient (Wildman–Crippen LogP) is 2.48. The lowest BCUT2D eigenvalue weighted by atomic mass is 10.1.